The molecule has 1 N–H and O–H groups in total. The summed E-state index contributed by atoms with van der Waals surface area (Å²) in [7, 11) is 0. The minimum absolute atomic E-state index is 0.00725. The van der Waals surface area contributed by atoms with Crippen molar-refractivity contribution in [3.05, 3.63) is 34.9 Å². The third-order valence-electron chi connectivity index (χ3n) is 5.49. The highest BCUT2D eigenvalue weighted by molar-refractivity contribution is 5.86. The van der Waals surface area contributed by atoms with Crippen LogP contribution in [0.25, 0.3) is 0 Å². The van der Waals surface area contributed by atoms with E-state index >= 15 is 0 Å². The van der Waals surface area contributed by atoms with Crippen LogP contribution in [0, 0.1) is 19.3 Å². The lowest BCUT2D eigenvalue weighted by atomic mass is 9.66. The van der Waals surface area contributed by atoms with Crippen LogP contribution in [-0.2, 0) is 16.1 Å². The third-order valence-corrected chi connectivity index (χ3v) is 5.49. The van der Waals surface area contributed by atoms with E-state index in [1.165, 1.54) is 11.1 Å². The monoisotopic (exact) mass is 315 g/mol. The summed E-state index contributed by atoms with van der Waals surface area (Å²) in [6.07, 6.45) is 4.42. The molecule has 0 radical (unpaired) electrons. The molecule has 2 aliphatic rings. The summed E-state index contributed by atoms with van der Waals surface area (Å²) in [6.45, 7) is 4.76. The molecule has 1 amide bonds. The molecular weight excluding hydrogens is 290 g/mol. The molecule has 0 spiro atoms. The number of aliphatic carboxylic acids is 1. The molecular formula is C19H25NO3. The third kappa shape index (κ3) is 3.26. The summed E-state index contributed by atoms with van der Waals surface area (Å²) in [5.41, 5.74) is 2.81. The van der Waals surface area contributed by atoms with Crippen molar-refractivity contribution in [1.82, 2.24) is 4.90 Å². The minimum atomic E-state index is -0.806. The van der Waals surface area contributed by atoms with Crippen molar-refractivity contribution in [3.63, 3.8) is 0 Å². The Labute approximate surface area is 137 Å². The zero-order chi connectivity index (χ0) is 16.6. The second-order valence-corrected chi connectivity index (χ2v) is 7.29. The van der Waals surface area contributed by atoms with Gasteiger partial charge >= 0.3 is 5.97 Å². The minimum Gasteiger partial charge on any atom is -0.481 e. The van der Waals surface area contributed by atoms with Crippen LogP contribution in [0.15, 0.2) is 18.2 Å². The van der Waals surface area contributed by atoms with Crippen molar-refractivity contribution in [2.75, 3.05) is 0 Å². The summed E-state index contributed by atoms with van der Waals surface area (Å²) in [4.78, 5) is 26.2. The van der Waals surface area contributed by atoms with Gasteiger partial charge in [-0.2, -0.15) is 0 Å². The lowest BCUT2D eigenvalue weighted by Crippen LogP contribution is -2.44. The molecule has 0 atom stereocenters. The predicted molar refractivity (Wildman–Crippen MR) is 88.0 cm³/mol. The maximum absolute atomic E-state index is 12.8. The maximum atomic E-state index is 12.8. The number of hydrogen-bond acceptors (Lipinski definition) is 2. The van der Waals surface area contributed by atoms with Crippen LogP contribution >= 0.6 is 0 Å². The van der Waals surface area contributed by atoms with Crippen LogP contribution in [0.4, 0.5) is 0 Å². The lowest BCUT2D eigenvalue weighted by Gasteiger charge is -2.38. The SMILES string of the molecule is Cc1ccc(CN(C(=O)CC2(C(=O)O)CCC2)C2CC2)cc1C. The van der Waals surface area contributed by atoms with Crippen LogP contribution < -0.4 is 0 Å². The van der Waals surface area contributed by atoms with Gasteiger partial charge in [-0.3, -0.25) is 9.59 Å². The van der Waals surface area contributed by atoms with Crippen LogP contribution in [0.2, 0.25) is 0 Å². The van der Waals surface area contributed by atoms with Gasteiger partial charge in [-0.15, -0.1) is 0 Å². The first-order valence-corrected chi connectivity index (χ1v) is 8.50. The molecule has 1 aromatic carbocycles. The van der Waals surface area contributed by atoms with Crippen molar-refractivity contribution < 1.29 is 14.7 Å². The van der Waals surface area contributed by atoms with E-state index < -0.39 is 11.4 Å². The summed E-state index contributed by atoms with van der Waals surface area (Å²) in [5, 5.41) is 9.45. The number of carboxylic acids is 1. The molecule has 2 saturated carbocycles. The van der Waals surface area contributed by atoms with Gasteiger partial charge in [0, 0.05) is 19.0 Å². The Morgan fingerprint density at radius 1 is 1.22 bits per heavy atom. The summed E-state index contributed by atoms with van der Waals surface area (Å²) >= 11 is 0. The lowest BCUT2D eigenvalue weighted by molar-refractivity contribution is -0.159. The number of carbonyl (C=O) groups is 2. The summed E-state index contributed by atoms with van der Waals surface area (Å²) in [6, 6.07) is 6.59. The Bertz CT molecular complexity index is 630. The van der Waals surface area contributed by atoms with E-state index in [1.54, 1.807) is 0 Å². The normalized spacial score (nSPS) is 19.0. The largest absolute Gasteiger partial charge is 0.481 e. The molecule has 0 unspecified atom stereocenters. The van der Waals surface area contributed by atoms with Crippen molar-refractivity contribution in [1.29, 1.82) is 0 Å². The fourth-order valence-electron chi connectivity index (χ4n) is 3.37. The molecule has 2 fully saturated rings. The van der Waals surface area contributed by atoms with Gasteiger partial charge in [0.2, 0.25) is 5.91 Å². The standard InChI is InChI=1S/C19H25NO3/c1-13-4-5-15(10-14(13)2)12-20(16-6-7-16)17(21)11-19(18(22)23)8-3-9-19/h4-5,10,16H,3,6-9,11-12H2,1-2H3,(H,22,23). The van der Waals surface area contributed by atoms with Crippen LogP contribution in [0.3, 0.4) is 0 Å². The molecule has 124 valence electrons. The van der Waals surface area contributed by atoms with E-state index in [0.29, 0.717) is 25.4 Å². The second-order valence-electron chi connectivity index (χ2n) is 7.29. The van der Waals surface area contributed by atoms with Gasteiger partial charge in [0.15, 0.2) is 0 Å². The zero-order valence-electron chi connectivity index (χ0n) is 14.0. The average molecular weight is 315 g/mol. The molecule has 4 nitrogen and oxygen atoms in total. The van der Waals surface area contributed by atoms with Gasteiger partial charge in [-0.05, 0) is 56.2 Å². The van der Waals surface area contributed by atoms with E-state index in [1.807, 2.05) is 4.90 Å². The number of nitrogens with zero attached hydrogens (tertiary/aromatic N) is 1. The molecule has 4 heteroatoms. The number of amides is 1. The van der Waals surface area contributed by atoms with Gasteiger partial charge in [0.05, 0.1) is 5.41 Å². The molecule has 0 aromatic heterocycles. The molecule has 3 rings (SSSR count). The Balaban J connectivity index is 1.72. The Kier molecular flexibility index (Phi) is 4.17. The van der Waals surface area contributed by atoms with Crippen LogP contribution in [-0.4, -0.2) is 27.9 Å². The quantitative estimate of drug-likeness (QED) is 0.875. The Morgan fingerprint density at radius 3 is 2.39 bits per heavy atom. The van der Waals surface area contributed by atoms with E-state index in [2.05, 4.69) is 32.0 Å². The van der Waals surface area contributed by atoms with Crippen molar-refractivity contribution in [2.45, 2.75) is 65.0 Å². The molecule has 0 saturated heterocycles. The molecule has 23 heavy (non-hydrogen) atoms. The Hall–Kier alpha value is -1.84. The van der Waals surface area contributed by atoms with Gasteiger partial charge in [-0.25, -0.2) is 0 Å². The topological polar surface area (TPSA) is 57.6 Å². The second kappa shape index (κ2) is 5.99. The summed E-state index contributed by atoms with van der Waals surface area (Å²) < 4.78 is 0. The maximum Gasteiger partial charge on any atom is 0.310 e. The number of benzene rings is 1. The van der Waals surface area contributed by atoms with Crippen molar-refractivity contribution in [2.24, 2.45) is 5.41 Å². The molecule has 0 heterocycles. The van der Waals surface area contributed by atoms with Crippen LogP contribution in [0.1, 0.15) is 55.2 Å². The van der Waals surface area contributed by atoms with E-state index in [9.17, 15) is 14.7 Å². The first kappa shape index (κ1) is 16.0. The Morgan fingerprint density at radius 2 is 1.91 bits per heavy atom. The average Bonchev–Trinajstić information content (AvgIpc) is 3.27. The first-order chi connectivity index (χ1) is 10.9. The molecule has 0 aliphatic heterocycles. The number of hydrogen-bond donors (Lipinski definition) is 1. The molecule has 2 aliphatic carbocycles. The number of aryl methyl sites for hydroxylation is 2. The highest BCUT2D eigenvalue weighted by atomic mass is 16.4. The highest BCUT2D eigenvalue weighted by Crippen LogP contribution is 2.45. The number of rotatable bonds is 6. The van der Waals surface area contributed by atoms with Gasteiger partial charge in [0.25, 0.3) is 0 Å². The van der Waals surface area contributed by atoms with E-state index in [0.717, 1.165) is 24.8 Å². The van der Waals surface area contributed by atoms with Gasteiger partial charge in [0.1, 0.15) is 0 Å². The first-order valence-electron chi connectivity index (χ1n) is 8.50. The van der Waals surface area contributed by atoms with Gasteiger partial charge < -0.3 is 10.0 Å². The molecule has 1 aromatic rings. The van der Waals surface area contributed by atoms with Gasteiger partial charge in [-0.1, -0.05) is 24.6 Å². The smallest absolute Gasteiger partial charge is 0.310 e. The zero-order valence-corrected chi connectivity index (χ0v) is 14.0. The van der Waals surface area contributed by atoms with Crippen LogP contribution in [0.5, 0.6) is 0 Å². The fourth-order valence-corrected chi connectivity index (χ4v) is 3.37. The van der Waals surface area contributed by atoms with E-state index in [-0.39, 0.29) is 12.3 Å². The van der Waals surface area contributed by atoms with Crippen molar-refractivity contribution in [3.8, 4) is 0 Å². The highest BCUT2D eigenvalue weighted by Gasteiger charge is 2.47. The van der Waals surface area contributed by atoms with Crippen molar-refractivity contribution >= 4 is 11.9 Å². The summed E-state index contributed by atoms with van der Waals surface area (Å²) in [5.74, 6) is -0.799. The molecule has 0 bridgehead atoms. The number of carboxylic acid groups (broad SMARTS) is 1. The predicted octanol–water partition coefficient (Wildman–Crippen LogP) is 3.44. The van der Waals surface area contributed by atoms with E-state index in [4.69, 9.17) is 0 Å². The fraction of sp³-hybridized carbons (Fsp3) is 0.579. The number of carbonyl (C=O) groups excluding carboxylic acids is 1.